The first-order valence-corrected chi connectivity index (χ1v) is 6.63. The maximum absolute atomic E-state index is 10.8. The van der Waals surface area contributed by atoms with Crippen molar-refractivity contribution in [3.05, 3.63) is 33.9 Å². The van der Waals surface area contributed by atoms with E-state index in [1.807, 2.05) is 12.1 Å². The van der Waals surface area contributed by atoms with E-state index in [4.69, 9.17) is 0 Å². The number of nitro groups is 1. The first-order valence-electron chi connectivity index (χ1n) is 6.63. The van der Waals surface area contributed by atoms with Crippen LogP contribution in [0.5, 0.6) is 0 Å². The second-order valence-corrected chi connectivity index (χ2v) is 5.11. The molecule has 1 aromatic carbocycles. The molecule has 1 N–H and O–H groups in total. The van der Waals surface area contributed by atoms with Crippen molar-refractivity contribution in [2.75, 3.05) is 5.32 Å². The van der Waals surface area contributed by atoms with Gasteiger partial charge < -0.3 is 5.32 Å². The molecule has 98 valence electrons. The van der Waals surface area contributed by atoms with Crippen LogP contribution in [0.15, 0.2) is 18.2 Å². The van der Waals surface area contributed by atoms with E-state index in [9.17, 15) is 10.1 Å². The second kappa shape index (κ2) is 5.38. The van der Waals surface area contributed by atoms with Gasteiger partial charge in [-0.2, -0.15) is 0 Å². The summed E-state index contributed by atoms with van der Waals surface area (Å²) < 4.78 is 0. The monoisotopic (exact) mass is 248 g/mol. The Morgan fingerprint density at radius 1 is 1.44 bits per heavy atom. The third kappa shape index (κ3) is 2.63. The Morgan fingerprint density at radius 2 is 2.22 bits per heavy atom. The summed E-state index contributed by atoms with van der Waals surface area (Å²) in [7, 11) is 0. The molecule has 1 aliphatic rings. The Kier molecular flexibility index (Phi) is 3.84. The van der Waals surface area contributed by atoms with Gasteiger partial charge in [0.05, 0.1) is 4.92 Å². The van der Waals surface area contributed by atoms with Gasteiger partial charge in [-0.1, -0.05) is 19.8 Å². The average molecular weight is 248 g/mol. The summed E-state index contributed by atoms with van der Waals surface area (Å²) in [6.45, 7) is 4.01. The minimum atomic E-state index is -0.330. The summed E-state index contributed by atoms with van der Waals surface area (Å²) in [5.74, 6) is 0.737. The van der Waals surface area contributed by atoms with Crippen molar-refractivity contribution in [1.82, 2.24) is 0 Å². The van der Waals surface area contributed by atoms with Gasteiger partial charge in [0.1, 0.15) is 0 Å². The van der Waals surface area contributed by atoms with E-state index in [0.29, 0.717) is 6.04 Å². The Morgan fingerprint density at radius 3 is 2.83 bits per heavy atom. The summed E-state index contributed by atoms with van der Waals surface area (Å²) in [6.07, 6.45) is 4.97. The molecule has 4 nitrogen and oxygen atoms in total. The Hall–Kier alpha value is -1.58. The van der Waals surface area contributed by atoms with Gasteiger partial charge in [0.2, 0.25) is 0 Å². The predicted molar refractivity (Wildman–Crippen MR) is 72.9 cm³/mol. The van der Waals surface area contributed by atoms with Gasteiger partial charge in [-0.15, -0.1) is 0 Å². The van der Waals surface area contributed by atoms with E-state index in [1.165, 1.54) is 25.7 Å². The van der Waals surface area contributed by atoms with Crippen LogP contribution in [0, 0.1) is 23.0 Å². The fourth-order valence-corrected chi connectivity index (χ4v) is 2.88. The standard InChI is InChI=1S/C14H20N2O2/c1-3-11-5-4-6-13(11)15-12-7-8-14(16(17)18)10(2)9-12/h7-9,11,13,15H,3-6H2,1-2H3. The van der Waals surface area contributed by atoms with E-state index in [-0.39, 0.29) is 10.6 Å². The summed E-state index contributed by atoms with van der Waals surface area (Å²) >= 11 is 0. The molecular formula is C14H20N2O2. The largest absolute Gasteiger partial charge is 0.382 e. The molecule has 1 aliphatic carbocycles. The maximum Gasteiger partial charge on any atom is 0.272 e. The molecule has 0 bridgehead atoms. The third-order valence-electron chi connectivity index (χ3n) is 3.93. The molecule has 0 radical (unpaired) electrons. The highest BCUT2D eigenvalue weighted by molar-refractivity contribution is 5.54. The SMILES string of the molecule is CCC1CCCC1Nc1ccc([N+](=O)[O-])c(C)c1. The zero-order chi connectivity index (χ0) is 13.1. The summed E-state index contributed by atoms with van der Waals surface area (Å²) in [6, 6.07) is 5.81. The van der Waals surface area contributed by atoms with Gasteiger partial charge in [-0.3, -0.25) is 10.1 Å². The lowest BCUT2D eigenvalue weighted by molar-refractivity contribution is -0.385. The fourth-order valence-electron chi connectivity index (χ4n) is 2.88. The van der Waals surface area contributed by atoms with Crippen LogP contribution in [0.25, 0.3) is 0 Å². The van der Waals surface area contributed by atoms with Gasteiger partial charge in [0, 0.05) is 23.4 Å². The van der Waals surface area contributed by atoms with Crippen LogP contribution in [0.2, 0.25) is 0 Å². The number of aryl methyl sites for hydroxylation is 1. The Balaban J connectivity index is 2.10. The normalized spacial score (nSPS) is 23.0. The molecule has 2 unspecified atom stereocenters. The molecule has 0 aliphatic heterocycles. The van der Waals surface area contributed by atoms with Gasteiger partial charge >= 0.3 is 0 Å². The minimum Gasteiger partial charge on any atom is -0.382 e. The molecule has 2 atom stereocenters. The van der Waals surface area contributed by atoms with E-state index < -0.39 is 0 Å². The van der Waals surface area contributed by atoms with Crippen molar-refractivity contribution in [3.63, 3.8) is 0 Å². The number of nitrogens with zero attached hydrogens (tertiary/aromatic N) is 1. The fraction of sp³-hybridized carbons (Fsp3) is 0.571. The van der Waals surface area contributed by atoms with E-state index >= 15 is 0 Å². The lowest BCUT2D eigenvalue weighted by atomic mass is 10.0. The number of benzene rings is 1. The highest BCUT2D eigenvalue weighted by Crippen LogP contribution is 2.31. The molecule has 0 saturated heterocycles. The first kappa shape index (κ1) is 12.9. The molecule has 18 heavy (non-hydrogen) atoms. The van der Waals surface area contributed by atoms with E-state index in [2.05, 4.69) is 12.2 Å². The number of anilines is 1. The molecular weight excluding hydrogens is 228 g/mol. The predicted octanol–water partition coefficient (Wildman–Crippen LogP) is 3.89. The van der Waals surface area contributed by atoms with Crippen molar-refractivity contribution in [2.45, 2.75) is 45.6 Å². The summed E-state index contributed by atoms with van der Waals surface area (Å²) in [5.41, 5.74) is 1.92. The smallest absolute Gasteiger partial charge is 0.272 e. The lowest BCUT2D eigenvalue weighted by Gasteiger charge is -2.21. The van der Waals surface area contributed by atoms with Crippen LogP contribution >= 0.6 is 0 Å². The molecule has 2 rings (SSSR count). The van der Waals surface area contributed by atoms with Crippen LogP contribution in [0.3, 0.4) is 0 Å². The van der Waals surface area contributed by atoms with E-state index in [1.54, 1.807) is 13.0 Å². The molecule has 0 spiro atoms. The van der Waals surface area contributed by atoms with Crippen LogP contribution in [-0.4, -0.2) is 11.0 Å². The second-order valence-electron chi connectivity index (χ2n) is 5.11. The van der Waals surface area contributed by atoms with Crippen molar-refractivity contribution in [3.8, 4) is 0 Å². The Bertz CT molecular complexity index is 445. The number of hydrogen-bond donors (Lipinski definition) is 1. The quantitative estimate of drug-likeness (QED) is 0.649. The van der Waals surface area contributed by atoms with Crippen LogP contribution in [0.4, 0.5) is 11.4 Å². The summed E-state index contributed by atoms with van der Waals surface area (Å²) in [4.78, 5) is 10.4. The zero-order valence-electron chi connectivity index (χ0n) is 11.0. The third-order valence-corrected chi connectivity index (χ3v) is 3.93. The number of nitrogens with one attached hydrogen (secondary N) is 1. The first-order chi connectivity index (χ1) is 8.61. The highest BCUT2D eigenvalue weighted by Gasteiger charge is 2.25. The minimum absolute atomic E-state index is 0.194. The van der Waals surface area contributed by atoms with Crippen molar-refractivity contribution < 1.29 is 4.92 Å². The topological polar surface area (TPSA) is 55.2 Å². The number of rotatable bonds is 4. The average Bonchev–Trinajstić information content (AvgIpc) is 2.76. The van der Waals surface area contributed by atoms with Crippen LogP contribution < -0.4 is 5.32 Å². The van der Waals surface area contributed by atoms with Crippen LogP contribution in [-0.2, 0) is 0 Å². The molecule has 1 fully saturated rings. The van der Waals surface area contributed by atoms with E-state index in [0.717, 1.165) is 17.2 Å². The van der Waals surface area contributed by atoms with Crippen molar-refractivity contribution in [2.24, 2.45) is 5.92 Å². The molecule has 1 saturated carbocycles. The molecule has 0 aromatic heterocycles. The zero-order valence-corrected chi connectivity index (χ0v) is 11.0. The summed E-state index contributed by atoms with van der Waals surface area (Å²) in [5, 5.41) is 14.3. The molecule has 0 amide bonds. The van der Waals surface area contributed by atoms with Crippen molar-refractivity contribution in [1.29, 1.82) is 0 Å². The molecule has 1 aromatic rings. The molecule has 0 heterocycles. The maximum atomic E-state index is 10.8. The van der Waals surface area contributed by atoms with Crippen molar-refractivity contribution >= 4 is 11.4 Å². The lowest BCUT2D eigenvalue weighted by Crippen LogP contribution is -2.23. The number of hydrogen-bond acceptors (Lipinski definition) is 3. The van der Waals surface area contributed by atoms with Gasteiger partial charge in [-0.25, -0.2) is 0 Å². The van der Waals surface area contributed by atoms with Gasteiger partial charge in [0.15, 0.2) is 0 Å². The molecule has 4 heteroatoms. The Labute approximate surface area is 108 Å². The van der Waals surface area contributed by atoms with Gasteiger partial charge in [-0.05, 0) is 37.8 Å². The highest BCUT2D eigenvalue weighted by atomic mass is 16.6. The van der Waals surface area contributed by atoms with Gasteiger partial charge in [0.25, 0.3) is 5.69 Å². The number of nitro benzene ring substituents is 1. The van der Waals surface area contributed by atoms with Crippen LogP contribution in [0.1, 0.15) is 38.2 Å².